The minimum absolute atomic E-state index is 0.170. The number of H-pyrrole nitrogens is 1. The minimum atomic E-state index is -0.555. The first-order valence-electron chi connectivity index (χ1n) is 10.4. The number of hydrogen-bond donors (Lipinski definition) is 3. The number of fused-ring (bicyclic) bond motifs is 6. The van der Waals surface area contributed by atoms with Crippen molar-refractivity contribution in [3.63, 3.8) is 0 Å². The van der Waals surface area contributed by atoms with Crippen molar-refractivity contribution < 1.29 is 5.11 Å². The van der Waals surface area contributed by atoms with E-state index in [0.29, 0.717) is 17.9 Å². The average Bonchev–Trinajstić information content (AvgIpc) is 3.14. The average molecular weight is 403 g/mol. The number of hydrazine groups is 1. The molecule has 2 saturated carbocycles. The molecule has 0 radical (unpaired) electrons. The van der Waals surface area contributed by atoms with E-state index in [1.165, 1.54) is 5.70 Å². The fourth-order valence-electron chi connectivity index (χ4n) is 5.44. The Morgan fingerprint density at radius 3 is 2.87 bits per heavy atom. The van der Waals surface area contributed by atoms with Crippen molar-refractivity contribution in [1.29, 1.82) is 0 Å². The summed E-state index contributed by atoms with van der Waals surface area (Å²) in [6.07, 6.45) is 13.8. The Morgan fingerprint density at radius 2 is 2.07 bits per heavy atom. The zero-order valence-corrected chi connectivity index (χ0v) is 16.3. The molecule has 152 valence electrons. The second kappa shape index (κ2) is 5.23. The Labute approximate surface area is 171 Å². The number of anilines is 1. The van der Waals surface area contributed by atoms with Crippen molar-refractivity contribution in [2.45, 2.75) is 43.2 Å². The van der Waals surface area contributed by atoms with Crippen LogP contribution in [0.5, 0.6) is 0 Å². The number of aromatic amines is 1. The third kappa shape index (κ3) is 2.23. The van der Waals surface area contributed by atoms with E-state index < -0.39 is 5.60 Å². The number of allylic oxidation sites excluding steroid dienone is 2. The van der Waals surface area contributed by atoms with Gasteiger partial charge in [-0.1, -0.05) is 0 Å². The predicted molar refractivity (Wildman–Crippen MR) is 111 cm³/mol. The summed E-state index contributed by atoms with van der Waals surface area (Å²) in [5.41, 5.74) is 2.56. The second-order valence-electron chi connectivity index (χ2n) is 9.06. The van der Waals surface area contributed by atoms with Crippen LogP contribution in [-0.4, -0.2) is 53.2 Å². The summed E-state index contributed by atoms with van der Waals surface area (Å²) in [5.74, 6) is 1.33. The molecule has 1 saturated heterocycles. The number of aliphatic imine (C=N–C) groups is 1. The molecule has 3 N–H and O–H groups in total. The molecule has 0 spiro atoms. The molecular formula is C21H21N7O2. The molecule has 2 aromatic heterocycles. The molecule has 3 fully saturated rings. The smallest absolute Gasteiger partial charge is 0.277 e. The van der Waals surface area contributed by atoms with Crippen molar-refractivity contribution in [2.75, 3.05) is 11.9 Å². The number of aliphatic hydroxyl groups is 1. The van der Waals surface area contributed by atoms with Gasteiger partial charge in [-0.3, -0.25) is 14.8 Å². The van der Waals surface area contributed by atoms with Crippen LogP contribution in [0.15, 0.2) is 52.3 Å². The highest BCUT2D eigenvalue weighted by molar-refractivity contribution is 6.01. The molecule has 2 bridgehead atoms. The molecule has 5 aliphatic rings. The van der Waals surface area contributed by atoms with E-state index in [1.54, 1.807) is 4.52 Å². The highest BCUT2D eigenvalue weighted by Gasteiger charge is 2.53. The predicted octanol–water partition coefficient (Wildman–Crippen LogP) is 1.58. The van der Waals surface area contributed by atoms with Gasteiger partial charge in [-0.05, 0) is 50.3 Å². The van der Waals surface area contributed by atoms with Crippen LogP contribution in [0.25, 0.3) is 11.1 Å². The zero-order valence-electron chi connectivity index (χ0n) is 16.3. The molecule has 0 atom stereocenters. The van der Waals surface area contributed by atoms with Crippen LogP contribution in [0.2, 0.25) is 0 Å². The quantitative estimate of drug-likeness (QED) is 0.673. The van der Waals surface area contributed by atoms with Crippen molar-refractivity contribution in [3.05, 3.63) is 58.4 Å². The van der Waals surface area contributed by atoms with E-state index >= 15 is 0 Å². The van der Waals surface area contributed by atoms with Gasteiger partial charge in [0.25, 0.3) is 5.56 Å². The number of aromatic nitrogens is 3. The monoisotopic (exact) mass is 403 g/mol. The van der Waals surface area contributed by atoms with E-state index in [-0.39, 0.29) is 11.1 Å². The Kier molecular flexibility index (Phi) is 2.87. The van der Waals surface area contributed by atoms with Gasteiger partial charge >= 0.3 is 0 Å². The zero-order chi connectivity index (χ0) is 20.1. The maximum absolute atomic E-state index is 13.0. The van der Waals surface area contributed by atoms with Gasteiger partial charge in [-0.2, -0.15) is 0 Å². The van der Waals surface area contributed by atoms with E-state index in [4.69, 9.17) is 0 Å². The van der Waals surface area contributed by atoms with Crippen LogP contribution in [0.1, 0.15) is 37.7 Å². The molecule has 30 heavy (non-hydrogen) atoms. The SMILES string of the molecule is O=c1[nH]c(NC23CCC(O)(CC2)C3)nn2ccc(C3=CN4C(=NC=C5CN54)C=C3)c12. The Hall–Kier alpha value is -3.33. The first-order chi connectivity index (χ1) is 14.5. The van der Waals surface area contributed by atoms with Crippen LogP contribution in [0.4, 0.5) is 5.95 Å². The lowest BCUT2D eigenvalue weighted by molar-refractivity contribution is 0.0521. The lowest BCUT2D eigenvalue weighted by Gasteiger charge is -2.28. The maximum Gasteiger partial charge on any atom is 0.277 e. The van der Waals surface area contributed by atoms with Crippen LogP contribution >= 0.6 is 0 Å². The lowest BCUT2D eigenvalue weighted by atomic mass is 9.93. The third-order valence-electron chi connectivity index (χ3n) is 7.08. The molecule has 9 nitrogen and oxygen atoms in total. The minimum Gasteiger partial charge on any atom is -0.390 e. The summed E-state index contributed by atoms with van der Waals surface area (Å²) >= 11 is 0. The summed E-state index contributed by atoms with van der Waals surface area (Å²) in [7, 11) is 0. The molecule has 2 aliphatic carbocycles. The normalized spacial score (nSPS) is 30.8. The van der Waals surface area contributed by atoms with E-state index in [1.807, 2.05) is 41.8 Å². The summed E-state index contributed by atoms with van der Waals surface area (Å²) in [6, 6.07) is 1.92. The fourth-order valence-corrected chi connectivity index (χ4v) is 5.44. The van der Waals surface area contributed by atoms with E-state index in [2.05, 4.69) is 25.4 Å². The number of hydrogen-bond acceptors (Lipinski definition) is 7. The second-order valence-corrected chi connectivity index (χ2v) is 9.06. The summed E-state index contributed by atoms with van der Waals surface area (Å²) in [4.78, 5) is 20.4. The van der Waals surface area contributed by atoms with Crippen molar-refractivity contribution in [3.8, 4) is 0 Å². The van der Waals surface area contributed by atoms with Gasteiger partial charge in [-0.25, -0.2) is 14.5 Å². The molecule has 0 amide bonds. The molecule has 5 heterocycles. The van der Waals surface area contributed by atoms with Gasteiger partial charge in [0, 0.05) is 29.1 Å². The van der Waals surface area contributed by atoms with E-state index in [0.717, 1.165) is 49.2 Å². The molecule has 7 rings (SSSR count). The van der Waals surface area contributed by atoms with Gasteiger partial charge in [0.05, 0.1) is 24.0 Å². The Bertz CT molecular complexity index is 1290. The topological polar surface area (TPSA) is 101 Å². The highest BCUT2D eigenvalue weighted by Crippen LogP contribution is 2.51. The lowest BCUT2D eigenvalue weighted by Crippen LogP contribution is -2.35. The molecule has 0 aromatic carbocycles. The van der Waals surface area contributed by atoms with Gasteiger partial charge in [0.15, 0.2) is 5.84 Å². The van der Waals surface area contributed by atoms with Crippen LogP contribution in [0.3, 0.4) is 0 Å². The Balaban J connectivity index is 1.24. The number of rotatable bonds is 3. The summed E-state index contributed by atoms with van der Waals surface area (Å²) < 4.78 is 1.64. The van der Waals surface area contributed by atoms with Crippen molar-refractivity contribution >= 4 is 22.9 Å². The number of amidine groups is 1. The summed E-state index contributed by atoms with van der Waals surface area (Å²) in [6.45, 7) is 0.884. The standard InChI is InChI=1S/C21H21N7O2/c29-18-17-15(13-1-2-16-22-9-14-11-27(14)28(16)10-13)3-8-26(17)25-19(23-18)24-20-4-6-21(30,12-20)7-5-20/h1-3,8-10,30H,4-7,11-12H2,(H2,23,24,25,29). The van der Waals surface area contributed by atoms with Gasteiger partial charge < -0.3 is 10.4 Å². The fraction of sp³-hybridized carbons (Fsp3) is 0.381. The molecule has 3 aliphatic heterocycles. The summed E-state index contributed by atoms with van der Waals surface area (Å²) in [5, 5.41) is 22.7. The van der Waals surface area contributed by atoms with Crippen molar-refractivity contribution in [2.24, 2.45) is 4.99 Å². The molecule has 9 heteroatoms. The van der Waals surface area contributed by atoms with Gasteiger partial charge in [-0.15, -0.1) is 5.10 Å². The van der Waals surface area contributed by atoms with Gasteiger partial charge in [0.1, 0.15) is 5.52 Å². The Morgan fingerprint density at radius 1 is 1.20 bits per heavy atom. The molecule has 2 aromatic rings. The largest absolute Gasteiger partial charge is 0.390 e. The number of nitrogens with zero attached hydrogens (tertiary/aromatic N) is 5. The first kappa shape index (κ1) is 16.5. The number of nitrogens with one attached hydrogen (secondary N) is 2. The highest BCUT2D eigenvalue weighted by atomic mass is 16.3. The van der Waals surface area contributed by atoms with Crippen molar-refractivity contribution in [1.82, 2.24) is 24.6 Å². The molecular weight excluding hydrogens is 382 g/mol. The van der Waals surface area contributed by atoms with Gasteiger partial charge in [0.2, 0.25) is 5.95 Å². The van der Waals surface area contributed by atoms with E-state index in [9.17, 15) is 9.90 Å². The first-order valence-corrected chi connectivity index (χ1v) is 10.4. The molecule has 0 unspecified atom stereocenters. The van der Waals surface area contributed by atoms with Crippen LogP contribution < -0.4 is 10.9 Å². The van der Waals surface area contributed by atoms with Crippen LogP contribution in [-0.2, 0) is 0 Å². The van der Waals surface area contributed by atoms with Crippen LogP contribution in [0, 0.1) is 0 Å². The maximum atomic E-state index is 13.0. The third-order valence-corrected chi connectivity index (χ3v) is 7.08.